The second-order valence-electron chi connectivity index (χ2n) is 5.69. The van der Waals surface area contributed by atoms with Gasteiger partial charge in [0.25, 0.3) is 0 Å². The number of hydrogen-bond donors (Lipinski definition) is 1. The summed E-state index contributed by atoms with van der Waals surface area (Å²) in [6, 6.07) is 0.164. The normalized spacial score (nSPS) is 18.0. The highest BCUT2D eigenvalue weighted by Crippen LogP contribution is 2.22. The molecule has 0 aromatic carbocycles. The van der Waals surface area contributed by atoms with Crippen molar-refractivity contribution < 1.29 is 0 Å². The molecule has 1 unspecified atom stereocenters. The highest BCUT2D eigenvalue weighted by atomic mass is 15.2. The summed E-state index contributed by atoms with van der Waals surface area (Å²) >= 11 is 0. The Morgan fingerprint density at radius 1 is 1.43 bits per heavy atom. The largest absolute Gasteiger partial charge is 0.364 e. The lowest BCUT2D eigenvalue weighted by atomic mass is 10.2. The lowest BCUT2D eigenvalue weighted by Crippen LogP contribution is -2.35. The molecule has 0 saturated heterocycles. The Kier molecular flexibility index (Phi) is 7.33. The van der Waals surface area contributed by atoms with Crippen LogP contribution in [-0.2, 0) is 0 Å². The molecule has 1 rings (SSSR count). The van der Waals surface area contributed by atoms with Crippen LogP contribution in [-0.4, -0.2) is 16.8 Å². The summed E-state index contributed by atoms with van der Waals surface area (Å²) in [5.41, 5.74) is 3.45. The van der Waals surface area contributed by atoms with Gasteiger partial charge < -0.3 is 10.2 Å². The van der Waals surface area contributed by atoms with Gasteiger partial charge in [-0.05, 0) is 46.3 Å². The van der Waals surface area contributed by atoms with Gasteiger partial charge in [-0.1, -0.05) is 37.3 Å². The standard InChI is InChI=1S/C20H29N3/c1-8-11-19(13-12-15(4)9-2)23-14-16(5)20(22-18(23)7)21-17(6)10-3/h8,10-14,17H,3,7,9H2,1-2,4-6H3,(H,21,22)/b11-8-,15-12+,19-13+. The number of nitrogens with zero attached hydrogens (tertiary/aromatic N) is 2. The predicted octanol–water partition coefficient (Wildman–Crippen LogP) is 5.06. The molecule has 3 heteroatoms. The average molecular weight is 311 g/mol. The van der Waals surface area contributed by atoms with Gasteiger partial charge in [0.05, 0.1) is 0 Å². The van der Waals surface area contributed by atoms with Crippen LogP contribution in [0.3, 0.4) is 0 Å². The molecule has 1 aliphatic rings. The van der Waals surface area contributed by atoms with Crippen molar-refractivity contribution >= 4 is 5.84 Å². The summed E-state index contributed by atoms with van der Waals surface area (Å²) in [5, 5.41) is 3.33. The first-order chi connectivity index (χ1) is 10.9. The number of allylic oxidation sites excluding steroid dienone is 5. The van der Waals surface area contributed by atoms with Crippen molar-refractivity contribution in [2.24, 2.45) is 4.99 Å². The van der Waals surface area contributed by atoms with E-state index in [-0.39, 0.29) is 6.04 Å². The molecule has 0 saturated carbocycles. The molecule has 0 spiro atoms. The Morgan fingerprint density at radius 3 is 2.70 bits per heavy atom. The first-order valence-electron chi connectivity index (χ1n) is 8.07. The fourth-order valence-corrected chi connectivity index (χ4v) is 1.98. The van der Waals surface area contributed by atoms with Gasteiger partial charge in [0.2, 0.25) is 0 Å². The van der Waals surface area contributed by atoms with E-state index in [9.17, 15) is 0 Å². The third-order valence-corrected chi connectivity index (χ3v) is 3.65. The van der Waals surface area contributed by atoms with Crippen LogP contribution in [0.1, 0.15) is 41.0 Å². The minimum atomic E-state index is 0.164. The van der Waals surface area contributed by atoms with Crippen LogP contribution in [0.5, 0.6) is 0 Å². The summed E-state index contributed by atoms with van der Waals surface area (Å²) in [7, 11) is 0. The number of hydrogen-bond acceptors (Lipinski definition) is 3. The zero-order valence-electron chi connectivity index (χ0n) is 15.1. The zero-order chi connectivity index (χ0) is 17.4. The van der Waals surface area contributed by atoms with Crippen molar-refractivity contribution in [1.82, 2.24) is 10.2 Å². The van der Waals surface area contributed by atoms with Crippen molar-refractivity contribution in [2.45, 2.75) is 47.1 Å². The highest BCUT2D eigenvalue weighted by molar-refractivity contribution is 5.99. The lowest BCUT2D eigenvalue weighted by molar-refractivity contribution is 0.574. The van der Waals surface area contributed by atoms with Crippen LogP contribution in [0.25, 0.3) is 0 Å². The van der Waals surface area contributed by atoms with Gasteiger partial charge >= 0.3 is 0 Å². The maximum absolute atomic E-state index is 4.61. The van der Waals surface area contributed by atoms with Crippen LogP contribution < -0.4 is 5.32 Å². The van der Waals surface area contributed by atoms with E-state index in [0.29, 0.717) is 5.82 Å². The third kappa shape index (κ3) is 5.44. The van der Waals surface area contributed by atoms with E-state index in [0.717, 1.165) is 23.5 Å². The van der Waals surface area contributed by atoms with Gasteiger partial charge in [-0.2, -0.15) is 0 Å². The van der Waals surface area contributed by atoms with Crippen molar-refractivity contribution in [2.75, 3.05) is 0 Å². The minimum Gasteiger partial charge on any atom is -0.364 e. The van der Waals surface area contributed by atoms with Gasteiger partial charge in [0, 0.05) is 23.5 Å². The number of rotatable bonds is 6. The molecule has 23 heavy (non-hydrogen) atoms. The van der Waals surface area contributed by atoms with Crippen molar-refractivity contribution in [3.63, 3.8) is 0 Å². The zero-order valence-corrected chi connectivity index (χ0v) is 15.1. The molecular weight excluding hydrogens is 282 g/mol. The smallest absolute Gasteiger partial charge is 0.133 e. The second-order valence-corrected chi connectivity index (χ2v) is 5.69. The Bertz CT molecular complexity index is 600. The molecule has 0 fully saturated rings. The average Bonchev–Trinajstić information content (AvgIpc) is 2.54. The van der Waals surface area contributed by atoms with E-state index >= 15 is 0 Å². The predicted molar refractivity (Wildman–Crippen MR) is 102 cm³/mol. The summed E-state index contributed by atoms with van der Waals surface area (Å²) < 4.78 is 0. The number of nitrogens with one attached hydrogen (secondary N) is 1. The second kappa shape index (κ2) is 8.99. The Hall–Kier alpha value is -2.29. The molecule has 1 heterocycles. The van der Waals surface area contributed by atoms with Gasteiger partial charge in [0.15, 0.2) is 0 Å². The third-order valence-electron chi connectivity index (χ3n) is 3.65. The maximum Gasteiger partial charge on any atom is 0.133 e. The van der Waals surface area contributed by atoms with Crippen LogP contribution >= 0.6 is 0 Å². The fraction of sp³-hybridized carbons (Fsp3) is 0.350. The van der Waals surface area contributed by atoms with Crippen molar-refractivity contribution in [1.29, 1.82) is 0 Å². The number of amidine groups is 1. The Balaban J connectivity index is 3.09. The maximum atomic E-state index is 4.61. The molecule has 0 aromatic rings. The molecule has 3 nitrogen and oxygen atoms in total. The molecule has 0 aromatic heterocycles. The van der Waals surface area contributed by atoms with E-state index in [1.54, 1.807) is 0 Å². The molecule has 0 radical (unpaired) electrons. The molecule has 0 amide bonds. The molecule has 1 atom stereocenters. The summed E-state index contributed by atoms with van der Waals surface area (Å²) in [5.74, 6) is 1.54. The van der Waals surface area contributed by atoms with E-state index in [4.69, 9.17) is 0 Å². The fourth-order valence-electron chi connectivity index (χ4n) is 1.98. The van der Waals surface area contributed by atoms with Crippen LogP contribution in [0.4, 0.5) is 0 Å². The van der Waals surface area contributed by atoms with Gasteiger partial charge in [-0.3, -0.25) is 0 Å². The van der Waals surface area contributed by atoms with Gasteiger partial charge in [0.1, 0.15) is 11.7 Å². The van der Waals surface area contributed by atoms with Crippen molar-refractivity contribution in [3.05, 3.63) is 72.4 Å². The van der Waals surface area contributed by atoms with Crippen LogP contribution in [0, 0.1) is 0 Å². The molecular formula is C20H29N3. The van der Waals surface area contributed by atoms with E-state index in [1.165, 1.54) is 5.57 Å². The van der Waals surface area contributed by atoms with Crippen LogP contribution in [0.2, 0.25) is 0 Å². The molecule has 1 N–H and O–H groups in total. The quantitative estimate of drug-likeness (QED) is 0.548. The lowest BCUT2D eigenvalue weighted by Gasteiger charge is -2.28. The first-order valence-corrected chi connectivity index (χ1v) is 8.07. The Labute approximate surface area is 141 Å². The summed E-state index contributed by atoms with van der Waals surface area (Å²) in [4.78, 5) is 6.62. The van der Waals surface area contributed by atoms with Crippen LogP contribution in [0.15, 0.2) is 77.4 Å². The van der Waals surface area contributed by atoms with Gasteiger partial charge in [-0.25, -0.2) is 4.99 Å². The molecule has 124 valence electrons. The van der Waals surface area contributed by atoms with E-state index < -0.39 is 0 Å². The first kappa shape index (κ1) is 18.8. The van der Waals surface area contributed by atoms with E-state index in [1.807, 2.05) is 37.8 Å². The highest BCUT2D eigenvalue weighted by Gasteiger charge is 2.17. The summed E-state index contributed by atoms with van der Waals surface area (Å²) in [6.07, 6.45) is 13.3. The van der Waals surface area contributed by atoms with E-state index in [2.05, 4.69) is 61.7 Å². The Morgan fingerprint density at radius 2 is 2.13 bits per heavy atom. The SMILES string of the molecule is C=CC(C)NC1=NC(=C)N(C(/C=C\C)=C/C=C(\C)CC)C=C1C. The monoisotopic (exact) mass is 311 g/mol. The number of aliphatic imine (C=N–C) groups is 1. The van der Waals surface area contributed by atoms with Crippen molar-refractivity contribution in [3.8, 4) is 0 Å². The van der Waals surface area contributed by atoms with Gasteiger partial charge in [-0.15, -0.1) is 6.58 Å². The summed E-state index contributed by atoms with van der Waals surface area (Å²) in [6.45, 7) is 18.3. The topological polar surface area (TPSA) is 27.6 Å². The molecule has 0 bridgehead atoms. The molecule has 1 aliphatic heterocycles. The minimum absolute atomic E-state index is 0.164. The molecule has 0 aliphatic carbocycles.